The van der Waals surface area contributed by atoms with Crippen LogP contribution in [-0.2, 0) is 12.8 Å². The largest absolute Gasteiger partial charge is 0.504 e. The van der Waals surface area contributed by atoms with Crippen LogP contribution in [0.5, 0.6) is 17.2 Å². The molecular formula is C16H18O3. The number of rotatable bonds is 3. The molecule has 0 saturated heterocycles. The number of phenols is 3. The maximum absolute atomic E-state index is 10.1. The highest BCUT2D eigenvalue weighted by atomic mass is 16.3. The predicted octanol–water partition coefficient (Wildman–Crippen LogP) is 3.60. The molecule has 0 aliphatic carbocycles. The third-order valence-corrected chi connectivity index (χ3v) is 3.40. The molecule has 3 N–H and O–H groups in total. The van der Waals surface area contributed by atoms with Gasteiger partial charge in [-0.3, -0.25) is 0 Å². The number of hydrogen-bond donors (Lipinski definition) is 3. The second-order valence-corrected chi connectivity index (χ2v) is 4.49. The summed E-state index contributed by atoms with van der Waals surface area (Å²) in [6, 6.07) is 9.47. The molecular weight excluding hydrogens is 240 g/mol. The monoisotopic (exact) mass is 258 g/mol. The minimum absolute atomic E-state index is 0.238. The standard InChI is InChI=1S/C16H18O3/c1-3-10-7-5-6-8-12(10)13-9-11(4-2)14(17)16(19)15(13)18/h5-9,17-19H,3-4H2,1-2H3. The van der Waals surface area contributed by atoms with Crippen molar-refractivity contribution in [3.8, 4) is 28.4 Å². The minimum atomic E-state index is -0.444. The molecule has 3 heteroatoms. The Morgan fingerprint density at radius 3 is 2.00 bits per heavy atom. The highest BCUT2D eigenvalue weighted by Crippen LogP contribution is 2.45. The van der Waals surface area contributed by atoms with Crippen molar-refractivity contribution in [1.29, 1.82) is 0 Å². The third-order valence-electron chi connectivity index (χ3n) is 3.40. The number of benzene rings is 2. The molecule has 0 atom stereocenters. The van der Waals surface area contributed by atoms with E-state index in [-0.39, 0.29) is 11.5 Å². The molecule has 0 aromatic heterocycles. The molecule has 2 rings (SSSR count). The Morgan fingerprint density at radius 2 is 1.37 bits per heavy atom. The van der Waals surface area contributed by atoms with Crippen LogP contribution in [0.15, 0.2) is 30.3 Å². The van der Waals surface area contributed by atoms with Gasteiger partial charge in [0, 0.05) is 5.56 Å². The van der Waals surface area contributed by atoms with Crippen LogP contribution in [0.2, 0.25) is 0 Å². The van der Waals surface area contributed by atoms with Gasteiger partial charge in [-0.1, -0.05) is 38.1 Å². The fourth-order valence-electron chi connectivity index (χ4n) is 2.27. The van der Waals surface area contributed by atoms with E-state index in [1.165, 1.54) is 0 Å². The topological polar surface area (TPSA) is 60.7 Å². The lowest BCUT2D eigenvalue weighted by atomic mass is 9.94. The van der Waals surface area contributed by atoms with E-state index in [1.807, 2.05) is 38.1 Å². The summed E-state index contributed by atoms with van der Waals surface area (Å²) in [4.78, 5) is 0. The first-order valence-electron chi connectivity index (χ1n) is 6.45. The molecule has 3 nitrogen and oxygen atoms in total. The SMILES string of the molecule is CCc1ccccc1-c1cc(CC)c(O)c(O)c1O. The van der Waals surface area contributed by atoms with Crippen molar-refractivity contribution in [3.05, 3.63) is 41.5 Å². The molecule has 0 bridgehead atoms. The van der Waals surface area contributed by atoms with Crippen LogP contribution in [0.1, 0.15) is 25.0 Å². The molecule has 100 valence electrons. The van der Waals surface area contributed by atoms with Gasteiger partial charge in [0.25, 0.3) is 0 Å². The summed E-state index contributed by atoms with van der Waals surface area (Å²) < 4.78 is 0. The highest BCUT2D eigenvalue weighted by Gasteiger charge is 2.18. The van der Waals surface area contributed by atoms with Crippen molar-refractivity contribution < 1.29 is 15.3 Å². The Bertz CT molecular complexity index is 603. The first-order valence-corrected chi connectivity index (χ1v) is 6.45. The minimum Gasteiger partial charge on any atom is -0.504 e. The van der Waals surface area contributed by atoms with Gasteiger partial charge in [0.05, 0.1) is 0 Å². The second-order valence-electron chi connectivity index (χ2n) is 4.49. The third kappa shape index (κ3) is 2.24. The Balaban J connectivity index is 2.72. The van der Waals surface area contributed by atoms with Crippen LogP contribution >= 0.6 is 0 Å². The zero-order chi connectivity index (χ0) is 14.0. The van der Waals surface area contributed by atoms with Crippen molar-refractivity contribution in [1.82, 2.24) is 0 Å². The fraction of sp³-hybridized carbons (Fsp3) is 0.250. The Morgan fingerprint density at radius 1 is 0.737 bits per heavy atom. The van der Waals surface area contributed by atoms with Gasteiger partial charge >= 0.3 is 0 Å². The van der Waals surface area contributed by atoms with Crippen molar-refractivity contribution in [3.63, 3.8) is 0 Å². The first-order chi connectivity index (χ1) is 9.10. The molecule has 0 spiro atoms. The smallest absolute Gasteiger partial charge is 0.201 e. The zero-order valence-corrected chi connectivity index (χ0v) is 11.1. The maximum Gasteiger partial charge on any atom is 0.201 e. The fourth-order valence-corrected chi connectivity index (χ4v) is 2.27. The quantitative estimate of drug-likeness (QED) is 0.737. The Labute approximate surface area is 112 Å². The van der Waals surface area contributed by atoms with Crippen molar-refractivity contribution in [2.75, 3.05) is 0 Å². The molecule has 0 aliphatic rings. The number of phenolic OH excluding ortho intramolecular Hbond substituents is 3. The van der Waals surface area contributed by atoms with E-state index in [0.717, 1.165) is 17.5 Å². The Hall–Kier alpha value is -2.16. The molecule has 2 aromatic rings. The summed E-state index contributed by atoms with van der Waals surface area (Å²) in [5.41, 5.74) is 3.15. The van der Waals surface area contributed by atoms with Crippen molar-refractivity contribution >= 4 is 0 Å². The molecule has 19 heavy (non-hydrogen) atoms. The van der Waals surface area contributed by atoms with Crippen LogP contribution in [-0.4, -0.2) is 15.3 Å². The number of aromatic hydroxyl groups is 3. The van der Waals surface area contributed by atoms with Gasteiger partial charge in [0.1, 0.15) is 0 Å². The van der Waals surface area contributed by atoms with Gasteiger partial charge in [-0.2, -0.15) is 0 Å². The molecule has 2 aromatic carbocycles. The summed E-state index contributed by atoms with van der Waals surface area (Å²) in [6.07, 6.45) is 1.42. The summed E-state index contributed by atoms with van der Waals surface area (Å²) in [5.74, 6) is -0.950. The van der Waals surface area contributed by atoms with E-state index in [1.54, 1.807) is 6.07 Å². The van der Waals surface area contributed by atoms with Crippen molar-refractivity contribution in [2.24, 2.45) is 0 Å². The van der Waals surface area contributed by atoms with Gasteiger partial charge in [0.15, 0.2) is 11.5 Å². The summed E-state index contributed by atoms with van der Waals surface area (Å²) >= 11 is 0. The Kier molecular flexibility index (Phi) is 3.65. The van der Waals surface area contributed by atoms with Gasteiger partial charge in [0.2, 0.25) is 5.75 Å². The van der Waals surface area contributed by atoms with E-state index in [9.17, 15) is 15.3 Å². The van der Waals surface area contributed by atoms with E-state index < -0.39 is 5.75 Å². The number of hydrogen-bond acceptors (Lipinski definition) is 3. The molecule has 0 radical (unpaired) electrons. The summed E-state index contributed by atoms with van der Waals surface area (Å²) in [5, 5.41) is 29.7. The van der Waals surface area contributed by atoms with Crippen LogP contribution < -0.4 is 0 Å². The second kappa shape index (κ2) is 5.22. The molecule has 0 saturated carbocycles. The van der Waals surface area contributed by atoms with Gasteiger partial charge < -0.3 is 15.3 Å². The molecule has 0 heterocycles. The molecule has 0 fully saturated rings. The average Bonchev–Trinajstić information content (AvgIpc) is 2.45. The van der Waals surface area contributed by atoms with Gasteiger partial charge in [-0.05, 0) is 35.6 Å². The lowest BCUT2D eigenvalue weighted by molar-refractivity contribution is 0.366. The summed E-state index contributed by atoms with van der Waals surface area (Å²) in [6.45, 7) is 3.93. The number of aryl methyl sites for hydroxylation is 2. The first kappa shape index (κ1) is 13.3. The van der Waals surface area contributed by atoms with E-state index in [2.05, 4.69) is 0 Å². The lowest BCUT2D eigenvalue weighted by Gasteiger charge is -2.14. The lowest BCUT2D eigenvalue weighted by Crippen LogP contribution is -1.91. The summed E-state index contributed by atoms with van der Waals surface area (Å²) in [7, 11) is 0. The van der Waals surface area contributed by atoms with Crippen LogP contribution in [0.3, 0.4) is 0 Å². The normalized spacial score (nSPS) is 10.6. The predicted molar refractivity (Wildman–Crippen MR) is 75.6 cm³/mol. The van der Waals surface area contributed by atoms with Gasteiger partial charge in [-0.25, -0.2) is 0 Å². The molecule has 0 amide bonds. The zero-order valence-electron chi connectivity index (χ0n) is 11.1. The maximum atomic E-state index is 10.1. The van der Waals surface area contributed by atoms with Crippen LogP contribution in [0.4, 0.5) is 0 Å². The van der Waals surface area contributed by atoms with Crippen molar-refractivity contribution in [2.45, 2.75) is 26.7 Å². The molecule has 0 unspecified atom stereocenters. The van der Waals surface area contributed by atoms with E-state index in [0.29, 0.717) is 17.5 Å². The van der Waals surface area contributed by atoms with E-state index >= 15 is 0 Å². The van der Waals surface area contributed by atoms with Gasteiger partial charge in [-0.15, -0.1) is 0 Å². The average molecular weight is 258 g/mol. The highest BCUT2D eigenvalue weighted by molar-refractivity contribution is 5.79. The molecule has 0 aliphatic heterocycles. The van der Waals surface area contributed by atoms with E-state index in [4.69, 9.17) is 0 Å². The van der Waals surface area contributed by atoms with Crippen LogP contribution in [0, 0.1) is 0 Å². The van der Waals surface area contributed by atoms with Crippen LogP contribution in [0.25, 0.3) is 11.1 Å².